The van der Waals surface area contributed by atoms with Crippen molar-refractivity contribution in [1.29, 1.82) is 0 Å². The molecule has 0 unspecified atom stereocenters. The average molecular weight is 976 g/mol. The minimum absolute atomic E-state index is 0.0388. The summed E-state index contributed by atoms with van der Waals surface area (Å²) in [7, 11) is -18.0. The van der Waals surface area contributed by atoms with Crippen LogP contribution in [0.2, 0.25) is 0 Å². The van der Waals surface area contributed by atoms with Crippen molar-refractivity contribution in [2.24, 2.45) is 5.73 Å². The van der Waals surface area contributed by atoms with Crippen molar-refractivity contribution in [3.63, 3.8) is 0 Å². The first kappa shape index (κ1) is 49.8. The third-order valence-electron chi connectivity index (χ3n) is 12.3. The lowest BCUT2D eigenvalue weighted by molar-refractivity contribution is -0.401. The van der Waals surface area contributed by atoms with Gasteiger partial charge in [0.2, 0.25) is 11.6 Å². The highest BCUT2D eigenvalue weighted by Crippen LogP contribution is 2.52. The van der Waals surface area contributed by atoms with Crippen molar-refractivity contribution >= 4 is 85.0 Å². The number of carbonyl (C=O) groups excluding carboxylic acids is 1. The zero-order chi connectivity index (χ0) is 48.1. The van der Waals surface area contributed by atoms with E-state index >= 15 is 0 Å². The number of rotatable bonds is 18. The molecule has 2 aliphatic heterocycles. The van der Waals surface area contributed by atoms with Gasteiger partial charge in [-0.05, 0) is 105 Å². The van der Waals surface area contributed by atoms with E-state index in [1.165, 1.54) is 24.3 Å². The Kier molecular flexibility index (Phi) is 14.0. The van der Waals surface area contributed by atoms with Crippen LogP contribution in [0.5, 0.6) is 0 Å². The Morgan fingerprint density at radius 3 is 1.77 bits per heavy atom. The molecule has 0 fully saturated rings. The number of nitrogens with one attached hydrogen (secondary N) is 1. The maximum absolute atomic E-state index is 12.6. The molecule has 0 aromatic heterocycles. The van der Waals surface area contributed by atoms with Gasteiger partial charge in [0.1, 0.15) is 16.8 Å². The van der Waals surface area contributed by atoms with Gasteiger partial charge in [0, 0.05) is 64.8 Å². The molecule has 2 heterocycles. The Morgan fingerprint density at radius 1 is 0.677 bits per heavy atom. The molecule has 4 aromatic rings. The Bertz CT molecular complexity index is 3160. The number of hydrogen-bond donors (Lipinski definition) is 6. The average Bonchev–Trinajstić information content (AvgIpc) is 3.54. The van der Waals surface area contributed by atoms with E-state index in [4.69, 9.17) is 5.73 Å². The summed E-state index contributed by atoms with van der Waals surface area (Å²) in [6.45, 7) is 9.12. The third kappa shape index (κ3) is 10.1. The van der Waals surface area contributed by atoms with Crippen LogP contribution < -0.4 is 16.0 Å². The second-order valence-electron chi connectivity index (χ2n) is 17.5. The Labute approximate surface area is 380 Å². The summed E-state index contributed by atoms with van der Waals surface area (Å²) in [4.78, 5) is 11.8. The van der Waals surface area contributed by atoms with Gasteiger partial charge in [-0.3, -0.25) is 23.0 Å². The topological polar surface area (TPSA) is 279 Å². The van der Waals surface area contributed by atoms with Gasteiger partial charge in [0.15, 0.2) is 5.71 Å². The van der Waals surface area contributed by atoms with Gasteiger partial charge < -0.3 is 16.0 Å². The van der Waals surface area contributed by atoms with Gasteiger partial charge in [-0.25, -0.2) is 0 Å². The van der Waals surface area contributed by atoms with Crippen LogP contribution in [0.15, 0.2) is 92.0 Å². The normalized spacial score (nSPS) is 16.9. The first-order chi connectivity index (χ1) is 30.1. The molecule has 352 valence electrons. The molecule has 2 aliphatic rings. The Morgan fingerprint density at radius 2 is 1.22 bits per heavy atom. The maximum atomic E-state index is 12.6. The van der Waals surface area contributed by atoms with Crippen molar-refractivity contribution in [3.05, 3.63) is 83.6 Å². The van der Waals surface area contributed by atoms with E-state index in [0.29, 0.717) is 91.4 Å². The lowest BCUT2D eigenvalue weighted by Gasteiger charge is -2.27. The Balaban J connectivity index is 1.40. The number of fused-ring (bicyclic) bond motifs is 6. The monoisotopic (exact) mass is 975 g/mol. The summed E-state index contributed by atoms with van der Waals surface area (Å²) in [5.41, 5.74) is 7.36. The molecule has 0 atom stereocenters. The molecule has 7 N–H and O–H groups in total. The third-order valence-corrected chi connectivity index (χ3v) is 15.8. The van der Waals surface area contributed by atoms with Crippen molar-refractivity contribution in [2.75, 3.05) is 31.6 Å². The molecule has 6 rings (SSSR count). The molecular weight excluding hydrogens is 921 g/mol. The summed E-state index contributed by atoms with van der Waals surface area (Å²) in [6.07, 6.45) is 11.5. The minimum atomic E-state index is -4.97. The first-order valence-corrected chi connectivity index (χ1v) is 26.7. The molecule has 21 heteroatoms. The van der Waals surface area contributed by atoms with Gasteiger partial charge in [-0.2, -0.15) is 38.2 Å². The largest absolute Gasteiger partial charge is 0.356 e. The SMILES string of the molecule is C[N+]1=C(/C=C/C=C2/N(CCCCCC(=O)NCCCCCCN)c3ccc4c(S(=O)(=O)O)cc(S(=O)(=O)O)cc4c3C2(C)C)C(C)(C)c2c1ccc1c(S(=O)(=O)O)cc(S(=O)(=O)O)cc21. The van der Waals surface area contributed by atoms with Crippen molar-refractivity contribution < 1.29 is 61.3 Å². The molecule has 0 saturated heterocycles. The first-order valence-electron chi connectivity index (χ1n) is 21.0. The van der Waals surface area contributed by atoms with Crippen molar-refractivity contribution in [2.45, 2.75) is 109 Å². The molecule has 1 amide bonds. The van der Waals surface area contributed by atoms with Gasteiger partial charge in [0.05, 0.1) is 15.2 Å². The van der Waals surface area contributed by atoms with Crippen LogP contribution in [-0.4, -0.2) is 94.8 Å². The summed E-state index contributed by atoms with van der Waals surface area (Å²) in [5, 5.41) is 3.40. The molecule has 0 aliphatic carbocycles. The minimum Gasteiger partial charge on any atom is -0.356 e. The van der Waals surface area contributed by atoms with Gasteiger partial charge in [-0.1, -0.05) is 45.3 Å². The Hall–Kier alpha value is -4.58. The fraction of sp³-hybridized carbons (Fsp3) is 0.409. The predicted molar refractivity (Wildman–Crippen MR) is 248 cm³/mol. The quantitative estimate of drug-likeness (QED) is 0.0357. The summed E-state index contributed by atoms with van der Waals surface area (Å²) in [5.74, 6) is -0.0388. The molecule has 0 spiro atoms. The molecule has 17 nitrogen and oxygen atoms in total. The van der Waals surface area contributed by atoms with Crippen LogP contribution >= 0.6 is 0 Å². The van der Waals surface area contributed by atoms with Crippen LogP contribution in [-0.2, 0) is 56.1 Å². The van der Waals surface area contributed by atoms with Crippen molar-refractivity contribution in [3.8, 4) is 0 Å². The lowest BCUT2D eigenvalue weighted by atomic mass is 9.79. The van der Waals surface area contributed by atoms with E-state index in [1.807, 2.05) is 49.3 Å². The lowest BCUT2D eigenvalue weighted by Crippen LogP contribution is -2.28. The summed E-state index contributed by atoms with van der Waals surface area (Å²) < 4.78 is 142. The van der Waals surface area contributed by atoms with E-state index < -0.39 is 70.9 Å². The van der Waals surface area contributed by atoms with Crippen LogP contribution in [0.3, 0.4) is 0 Å². The van der Waals surface area contributed by atoms with Gasteiger partial charge >= 0.3 is 0 Å². The highest BCUT2D eigenvalue weighted by molar-refractivity contribution is 7.87. The number of amides is 1. The van der Waals surface area contributed by atoms with E-state index in [2.05, 4.69) is 5.32 Å². The fourth-order valence-corrected chi connectivity index (χ4v) is 12.0. The number of nitrogens with zero attached hydrogens (tertiary/aromatic N) is 2. The summed E-state index contributed by atoms with van der Waals surface area (Å²) >= 11 is 0. The van der Waals surface area contributed by atoms with Crippen LogP contribution in [0, 0.1) is 0 Å². The number of benzene rings is 4. The second-order valence-corrected chi connectivity index (χ2v) is 23.1. The van der Waals surface area contributed by atoms with Gasteiger partial charge in [-0.15, -0.1) is 0 Å². The van der Waals surface area contributed by atoms with Crippen molar-refractivity contribution in [1.82, 2.24) is 5.32 Å². The highest BCUT2D eigenvalue weighted by Gasteiger charge is 2.46. The zero-order valence-corrected chi connectivity index (χ0v) is 40.0. The zero-order valence-electron chi connectivity index (χ0n) is 36.7. The molecule has 0 bridgehead atoms. The second kappa shape index (κ2) is 18.2. The van der Waals surface area contributed by atoms with Crippen LogP contribution in [0.1, 0.15) is 90.2 Å². The smallest absolute Gasteiger partial charge is 0.295 e. The molecule has 65 heavy (non-hydrogen) atoms. The fourth-order valence-electron chi connectivity index (χ4n) is 9.30. The number of unbranched alkanes of at least 4 members (excludes halogenated alkanes) is 5. The van der Waals surface area contributed by atoms with E-state index in [0.717, 1.165) is 25.7 Å². The van der Waals surface area contributed by atoms with Crippen LogP contribution in [0.4, 0.5) is 11.4 Å². The predicted octanol–water partition coefficient (Wildman–Crippen LogP) is 6.42. The van der Waals surface area contributed by atoms with E-state index in [9.17, 15) is 56.7 Å². The molecular formula is C44H55N4O13S4+. The number of hydrogen-bond acceptors (Lipinski definition) is 11. The van der Waals surface area contributed by atoms with E-state index in [1.54, 1.807) is 25.3 Å². The molecule has 0 radical (unpaired) electrons. The summed E-state index contributed by atoms with van der Waals surface area (Å²) in [6, 6.07) is 10.0. The highest BCUT2D eigenvalue weighted by atomic mass is 32.2. The maximum Gasteiger partial charge on any atom is 0.295 e. The molecule has 0 saturated carbocycles. The number of carbonyl (C=O) groups is 1. The standard InChI is InChI=1S/C44H54N4O13S4/c1-43(2)38(47(5)34-19-17-30-32(41(34)43)24-28(62(50,51)52)26-36(30)64(56,57)58)14-13-15-39-44(3,4)42-33-25-29(63(53,54)55)27-37(65(59,60)61)31(33)18-20-35(42)48(39)23-12-8-9-16-40(49)46-22-11-7-6-10-21-45/h13-15,17-20,24-27H,6-12,16,21-23,45H2,1-5H3,(H4-,46,49,50,51,52,53,54,55,56,57,58,59,60,61)/p+1. The number of nitrogens with two attached hydrogens (primary N) is 1. The number of allylic oxidation sites excluding steroid dienone is 4. The van der Waals surface area contributed by atoms with E-state index in [-0.39, 0.29) is 27.5 Å². The van der Waals surface area contributed by atoms with Gasteiger partial charge in [0.25, 0.3) is 40.5 Å². The van der Waals surface area contributed by atoms with Crippen LogP contribution in [0.25, 0.3) is 21.5 Å². The molecule has 4 aromatic carbocycles. The number of anilines is 1.